The van der Waals surface area contributed by atoms with Crippen LogP contribution in [0.3, 0.4) is 0 Å². The molecule has 4 heteroatoms. The summed E-state index contributed by atoms with van der Waals surface area (Å²) in [6.45, 7) is 4.98. The summed E-state index contributed by atoms with van der Waals surface area (Å²) in [4.78, 5) is 13.8. The van der Waals surface area contributed by atoms with Crippen molar-refractivity contribution in [2.75, 3.05) is 13.1 Å². The second kappa shape index (κ2) is 13.3. The highest BCUT2D eigenvalue weighted by molar-refractivity contribution is 5.94. The number of carbonyl (C=O) groups is 1. The molecule has 200 valence electrons. The third-order valence-electron chi connectivity index (χ3n) is 7.65. The van der Waals surface area contributed by atoms with Gasteiger partial charge in [-0.2, -0.15) is 0 Å². The summed E-state index contributed by atoms with van der Waals surface area (Å²) < 4.78 is 5.98. The maximum atomic E-state index is 13.8. The molecule has 0 N–H and O–H groups in total. The summed E-state index contributed by atoms with van der Waals surface area (Å²) in [5.41, 5.74) is 5.61. The minimum atomic E-state index is 0.0589. The van der Waals surface area contributed by atoms with Gasteiger partial charge in [0.05, 0.1) is 6.54 Å². The smallest absolute Gasteiger partial charge is 0.268 e. The number of benzene rings is 4. The lowest BCUT2D eigenvalue weighted by Crippen LogP contribution is -2.49. The Hall–Kier alpha value is -3.89. The molecular formula is C35H38N2O2. The van der Waals surface area contributed by atoms with E-state index in [0.29, 0.717) is 19.1 Å². The standard InChI is InChI=1S/C35H38N2O2/c1-2-28-13-17-33(18-14-28)35(38)37(36-23-21-30(22-24-36)25-29-9-5-3-6-10-29)26-31-15-19-34(20-16-31)39-27-32-11-7-4-8-12-32/h3-20,30H,2,21-27H2,1H3. The average molecular weight is 519 g/mol. The fraction of sp³-hybridized carbons (Fsp3) is 0.286. The van der Waals surface area contributed by atoms with Crippen molar-refractivity contribution in [1.29, 1.82) is 0 Å². The topological polar surface area (TPSA) is 32.8 Å². The quantitative estimate of drug-likeness (QED) is 0.220. The second-order valence-electron chi connectivity index (χ2n) is 10.4. The van der Waals surface area contributed by atoms with Gasteiger partial charge in [0.25, 0.3) is 5.91 Å². The van der Waals surface area contributed by atoms with E-state index in [4.69, 9.17) is 4.74 Å². The van der Waals surface area contributed by atoms with Gasteiger partial charge in [-0.05, 0) is 78.1 Å². The number of piperidine rings is 1. The van der Waals surface area contributed by atoms with Crippen LogP contribution in [0.2, 0.25) is 0 Å². The van der Waals surface area contributed by atoms with E-state index in [1.807, 2.05) is 47.5 Å². The molecule has 39 heavy (non-hydrogen) atoms. The van der Waals surface area contributed by atoms with E-state index in [-0.39, 0.29) is 5.91 Å². The van der Waals surface area contributed by atoms with E-state index in [9.17, 15) is 4.79 Å². The molecule has 1 amide bonds. The summed E-state index contributed by atoms with van der Waals surface area (Å²) in [5, 5.41) is 4.22. The Labute approximate surface area is 232 Å². The zero-order valence-electron chi connectivity index (χ0n) is 22.8. The molecule has 1 aliphatic heterocycles. The number of hydrogen-bond acceptors (Lipinski definition) is 3. The predicted octanol–water partition coefficient (Wildman–Crippen LogP) is 7.34. The van der Waals surface area contributed by atoms with Crippen LogP contribution < -0.4 is 4.74 Å². The molecule has 0 aliphatic carbocycles. The molecule has 1 heterocycles. The van der Waals surface area contributed by atoms with Crippen LogP contribution in [-0.4, -0.2) is 29.0 Å². The van der Waals surface area contributed by atoms with E-state index in [2.05, 4.69) is 78.7 Å². The first-order chi connectivity index (χ1) is 19.2. The van der Waals surface area contributed by atoms with Gasteiger partial charge < -0.3 is 4.74 Å². The van der Waals surface area contributed by atoms with E-state index in [1.54, 1.807) is 0 Å². The number of rotatable bonds is 10. The average Bonchev–Trinajstić information content (AvgIpc) is 3.01. The Morgan fingerprint density at radius 2 is 1.33 bits per heavy atom. The Morgan fingerprint density at radius 3 is 1.95 bits per heavy atom. The molecule has 0 spiro atoms. The number of hydrogen-bond donors (Lipinski definition) is 0. The third kappa shape index (κ3) is 7.36. The van der Waals surface area contributed by atoms with E-state index < -0.39 is 0 Å². The van der Waals surface area contributed by atoms with Gasteiger partial charge in [0.1, 0.15) is 12.4 Å². The zero-order chi connectivity index (χ0) is 26.9. The van der Waals surface area contributed by atoms with E-state index in [0.717, 1.165) is 61.2 Å². The lowest BCUT2D eigenvalue weighted by molar-refractivity contribution is -0.0351. The second-order valence-corrected chi connectivity index (χ2v) is 10.4. The first-order valence-electron chi connectivity index (χ1n) is 14.1. The van der Waals surface area contributed by atoms with Crippen LogP contribution in [0.25, 0.3) is 0 Å². The van der Waals surface area contributed by atoms with Crippen LogP contribution in [0, 0.1) is 5.92 Å². The Kier molecular flexibility index (Phi) is 9.08. The minimum absolute atomic E-state index is 0.0589. The fourth-order valence-electron chi connectivity index (χ4n) is 5.25. The van der Waals surface area contributed by atoms with Crippen LogP contribution in [-0.2, 0) is 26.0 Å². The van der Waals surface area contributed by atoms with Gasteiger partial charge in [-0.3, -0.25) is 9.80 Å². The normalized spacial score (nSPS) is 14.2. The molecule has 0 unspecified atom stereocenters. The van der Waals surface area contributed by atoms with Crippen molar-refractivity contribution in [2.45, 2.75) is 45.8 Å². The summed E-state index contributed by atoms with van der Waals surface area (Å²) >= 11 is 0. The van der Waals surface area contributed by atoms with E-state index >= 15 is 0 Å². The van der Waals surface area contributed by atoms with Crippen LogP contribution in [0.1, 0.15) is 52.4 Å². The highest BCUT2D eigenvalue weighted by atomic mass is 16.5. The Morgan fingerprint density at radius 1 is 0.744 bits per heavy atom. The van der Waals surface area contributed by atoms with Gasteiger partial charge in [-0.15, -0.1) is 0 Å². The highest BCUT2D eigenvalue weighted by Crippen LogP contribution is 2.25. The maximum absolute atomic E-state index is 13.8. The summed E-state index contributed by atoms with van der Waals surface area (Å²) in [6.07, 6.45) is 4.23. The molecular weight excluding hydrogens is 480 g/mol. The van der Waals surface area contributed by atoms with Gasteiger partial charge in [0.15, 0.2) is 0 Å². The lowest BCUT2D eigenvalue weighted by atomic mass is 9.90. The molecule has 1 saturated heterocycles. The molecule has 0 atom stereocenters. The largest absolute Gasteiger partial charge is 0.489 e. The number of amides is 1. The van der Waals surface area contributed by atoms with E-state index in [1.165, 1.54) is 11.1 Å². The van der Waals surface area contributed by atoms with Crippen LogP contribution in [0.4, 0.5) is 0 Å². The maximum Gasteiger partial charge on any atom is 0.268 e. The molecule has 0 saturated carbocycles. The van der Waals surface area contributed by atoms with Crippen LogP contribution >= 0.6 is 0 Å². The van der Waals surface area contributed by atoms with Gasteiger partial charge in [-0.1, -0.05) is 91.9 Å². The van der Waals surface area contributed by atoms with Gasteiger partial charge in [0, 0.05) is 18.7 Å². The van der Waals surface area contributed by atoms with Gasteiger partial charge in [-0.25, -0.2) is 5.01 Å². The molecule has 4 nitrogen and oxygen atoms in total. The first-order valence-corrected chi connectivity index (χ1v) is 14.1. The summed E-state index contributed by atoms with van der Waals surface area (Å²) in [5.74, 6) is 1.53. The van der Waals surface area contributed by atoms with Crippen molar-refractivity contribution in [3.63, 3.8) is 0 Å². The fourth-order valence-corrected chi connectivity index (χ4v) is 5.25. The van der Waals surface area contributed by atoms with Crippen molar-refractivity contribution in [2.24, 2.45) is 5.92 Å². The lowest BCUT2D eigenvalue weighted by Gasteiger charge is -2.40. The predicted molar refractivity (Wildman–Crippen MR) is 157 cm³/mol. The molecule has 0 aromatic heterocycles. The summed E-state index contributed by atoms with van der Waals surface area (Å²) in [7, 11) is 0. The molecule has 0 radical (unpaired) electrons. The Balaban J connectivity index is 1.26. The Bertz CT molecular complexity index is 1300. The molecule has 1 fully saturated rings. The van der Waals surface area contributed by atoms with Crippen molar-refractivity contribution in [1.82, 2.24) is 10.0 Å². The van der Waals surface area contributed by atoms with Crippen molar-refractivity contribution < 1.29 is 9.53 Å². The monoisotopic (exact) mass is 518 g/mol. The minimum Gasteiger partial charge on any atom is -0.489 e. The molecule has 4 aromatic carbocycles. The van der Waals surface area contributed by atoms with Gasteiger partial charge in [0.2, 0.25) is 0 Å². The van der Waals surface area contributed by atoms with Crippen molar-refractivity contribution >= 4 is 5.91 Å². The highest BCUT2D eigenvalue weighted by Gasteiger charge is 2.28. The molecule has 0 bridgehead atoms. The number of carbonyl (C=O) groups excluding carboxylic acids is 1. The molecule has 4 aromatic rings. The van der Waals surface area contributed by atoms with Gasteiger partial charge >= 0.3 is 0 Å². The van der Waals surface area contributed by atoms with Crippen LogP contribution in [0.15, 0.2) is 109 Å². The third-order valence-corrected chi connectivity index (χ3v) is 7.65. The number of ether oxygens (including phenoxy) is 1. The van der Waals surface area contributed by atoms with Crippen LogP contribution in [0.5, 0.6) is 5.75 Å². The van der Waals surface area contributed by atoms with Crippen molar-refractivity contribution in [3.05, 3.63) is 137 Å². The molecule has 1 aliphatic rings. The first kappa shape index (κ1) is 26.7. The number of hydrazine groups is 1. The number of aryl methyl sites for hydroxylation is 1. The molecule has 5 rings (SSSR count). The SMILES string of the molecule is CCc1ccc(C(=O)N(Cc2ccc(OCc3ccccc3)cc2)N2CCC(Cc3ccccc3)CC2)cc1. The summed E-state index contributed by atoms with van der Waals surface area (Å²) in [6, 6.07) is 37.1. The number of nitrogens with zero attached hydrogens (tertiary/aromatic N) is 2. The van der Waals surface area contributed by atoms with Crippen molar-refractivity contribution in [3.8, 4) is 5.75 Å². The zero-order valence-corrected chi connectivity index (χ0v) is 22.8.